The van der Waals surface area contributed by atoms with Gasteiger partial charge in [-0.25, -0.2) is 0 Å². The molecule has 0 radical (unpaired) electrons. The average molecular weight is 264 g/mol. The van der Waals surface area contributed by atoms with Gasteiger partial charge in [-0.15, -0.1) is 0 Å². The second-order valence-corrected chi connectivity index (χ2v) is 3.60. The summed E-state index contributed by atoms with van der Waals surface area (Å²) in [6.07, 6.45) is -6.44. The Labute approximate surface area is 100 Å². The first-order chi connectivity index (χ1) is 8.23. The number of nitro groups is 1. The highest BCUT2D eigenvalue weighted by atomic mass is 19.4. The van der Waals surface area contributed by atoms with Gasteiger partial charge in [-0.3, -0.25) is 10.1 Å². The molecule has 1 atom stereocenters. The van der Waals surface area contributed by atoms with Crippen LogP contribution in [0.4, 0.5) is 24.5 Å². The number of alkyl halides is 3. The molecule has 0 spiro atoms. The first kappa shape index (κ1) is 14.2. The van der Waals surface area contributed by atoms with Crippen molar-refractivity contribution in [1.82, 2.24) is 0 Å². The number of nitrogen functional groups attached to an aromatic ring is 1. The van der Waals surface area contributed by atoms with Gasteiger partial charge in [0.25, 0.3) is 5.69 Å². The van der Waals surface area contributed by atoms with E-state index >= 15 is 0 Å². The van der Waals surface area contributed by atoms with E-state index in [9.17, 15) is 23.3 Å². The summed E-state index contributed by atoms with van der Waals surface area (Å²) in [6, 6.07) is 3.89. The summed E-state index contributed by atoms with van der Waals surface area (Å²) < 4.78 is 41.2. The predicted molar refractivity (Wildman–Crippen MR) is 57.8 cm³/mol. The fourth-order valence-corrected chi connectivity index (χ4v) is 1.19. The number of anilines is 1. The largest absolute Gasteiger partial charge is 0.414 e. The molecule has 0 aliphatic heterocycles. The van der Waals surface area contributed by atoms with E-state index < -0.39 is 23.8 Å². The van der Waals surface area contributed by atoms with E-state index in [1.54, 1.807) is 0 Å². The summed E-state index contributed by atoms with van der Waals surface area (Å²) in [5.41, 5.74) is 5.10. The highest BCUT2D eigenvalue weighted by Gasteiger charge is 2.37. The van der Waals surface area contributed by atoms with E-state index in [-0.39, 0.29) is 16.9 Å². The molecule has 1 rings (SSSR count). The second kappa shape index (κ2) is 5.21. The van der Waals surface area contributed by atoms with Crippen LogP contribution < -0.4 is 5.73 Å². The molecule has 0 aliphatic carbocycles. The van der Waals surface area contributed by atoms with Gasteiger partial charge in [0.15, 0.2) is 6.10 Å². The molecule has 0 aromatic heterocycles. The van der Waals surface area contributed by atoms with Gasteiger partial charge < -0.3 is 10.5 Å². The van der Waals surface area contributed by atoms with Crippen molar-refractivity contribution in [2.45, 2.75) is 25.8 Å². The molecular weight excluding hydrogens is 253 g/mol. The maximum atomic E-state index is 12.2. The zero-order chi connectivity index (χ0) is 13.9. The van der Waals surface area contributed by atoms with Gasteiger partial charge in [0.1, 0.15) is 5.69 Å². The van der Waals surface area contributed by atoms with E-state index in [0.717, 1.165) is 6.92 Å². The number of ether oxygens (including phenoxy) is 1. The van der Waals surface area contributed by atoms with Crippen molar-refractivity contribution in [3.63, 3.8) is 0 Å². The van der Waals surface area contributed by atoms with Crippen LogP contribution >= 0.6 is 0 Å². The fourth-order valence-electron chi connectivity index (χ4n) is 1.19. The van der Waals surface area contributed by atoms with E-state index in [2.05, 4.69) is 4.74 Å². The number of hydrogen-bond donors (Lipinski definition) is 1. The molecule has 1 aromatic rings. The molecule has 0 heterocycles. The van der Waals surface area contributed by atoms with Crippen LogP contribution in [0.25, 0.3) is 0 Å². The zero-order valence-electron chi connectivity index (χ0n) is 9.40. The van der Waals surface area contributed by atoms with Gasteiger partial charge in [-0.1, -0.05) is 12.1 Å². The summed E-state index contributed by atoms with van der Waals surface area (Å²) in [6.45, 7) is 0.418. The second-order valence-electron chi connectivity index (χ2n) is 3.60. The summed E-state index contributed by atoms with van der Waals surface area (Å²) in [4.78, 5) is 9.87. The van der Waals surface area contributed by atoms with Gasteiger partial charge >= 0.3 is 6.18 Å². The van der Waals surface area contributed by atoms with Crippen LogP contribution in [0.3, 0.4) is 0 Å². The van der Waals surface area contributed by atoms with Crippen molar-refractivity contribution < 1.29 is 22.8 Å². The molecular formula is C10H11F3N2O3. The van der Waals surface area contributed by atoms with Crippen molar-refractivity contribution in [2.24, 2.45) is 0 Å². The Balaban J connectivity index is 2.81. The summed E-state index contributed by atoms with van der Waals surface area (Å²) in [7, 11) is 0. The number of para-hydroxylation sites is 1. The number of nitrogens with zero attached hydrogens (tertiary/aromatic N) is 1. The number of benzene rings is 1. The minimum atomic E-state index is -4.48. The molecule has 18 heavy (non-hydrogen) atoms. The van der Waals surface area contributed by atoms with Crippen LogP contribution in [-0.4, -0.2) is 17.2 Å². The third kappa shape index (κ3) is 3.33. The summed E-state index contributed by atoms with van der Waals surface area (Å²) >= 11 is 0. The molecule has 0 saturated carbocycles. The topological polar surface area (TPSA) is 78.4 Å². The normalized spacial score (nSPS) is 13.3. The molecule has 100 valence electrons. The Hall–Kier alpha value is -1.83. The van der Waals surface area contributed by atoms with Gasteiger partial charge in [0.2, 0.25) is 0 Å². The van der Waals surface area contributed by atoms with Crippen molar-refractivity contribution in [3.8, 4) is 0 Å². The van der Waals surface area contributed by atoms with E-state index in [1.165, 1.54) is 18.2 Å². The highest BCUT2D eigenvalue weighted by Crippen LogP contribution is 2.27. The third-order valence-electron chi connectivity index (χ3n) is 2.32. The van der Waals surface area contributed by atoms with Crippen LogP contribution in [-0.2, 0) is 11.3 Å². The third-order valence-corrected chi connectivity index (χ3v) is 2.32. The van der Waals surface area contributed by atoms with Crippen molar-refractivity contribution in [2.75, 3.05) is 5.73 Å². The maximum Gasteiger partial charge on any atom is 0.414 e. The smallest absolute Gasteiger partial charge is 0.393 e. The Morgan fingerprint density at radius 3 is 2.61 bits per heavy atom. The standard InChI is InChI=1S/C10H11F3N2O3/c1-6(10(11,12)13)18-5-7-3-2-4-8(9(7)14)15(16)17/h2-4,6H,5,14H2,1H3. The average Bonchev–Trinajstić information content (AvgIpc) is 2.25. The van der Waals surface area contributed by atoms with Crippen LogP contribution in [0.5, 0.6) is 0 Å². The molecule has 0 bridgehead atoms. The van der Waals surface area contributed by atoms with Crippen molar-refractivity contribution >= 4 is 11.4 Å². The van der Waals surface area contributed by atoms with Gasteiger partial charge in [0, 0.05) is 11.6 Å². The lowest BCUT2D eigenvalue weighted by Crippen LogP contribution is -2.28. The number of nitrogens with two attached hydrogens (primary N) is 1. The molecule has 0 amide bonds. The monoisotopic (exact) mass is 264 g/mol. The van der Waals surface area contributed by atoms with Crippen LogP contribution in [0.1, 0.15) is 12.5 Å². The lowest BCUT2D eigenvalue weighted by molar-refractivity contribution is -0.384. The fraction of sp³-hybridized carbons (Fsp3) is 0.400. The molecule has 0 fully saturated rings. The number of rotatable bonds is 4. The summed E-state index contributed by atoms with van der Waals surface area (Å²) in [5.74, 6) is 0. The molecule has 1 aromatic carbocycles. The van der Waals surface area contributed by atoms with Crippen LogP contribution in [0, 0.1) is 10.1 Å². The SMILES string of the molecule is CC(OCc1cccc([N+](=O)[O-])c1N)C(F)(F)F. The van der Waals surface area contributed by atoms with Crippen molar-refractivity contribution in [1.29, 1.82) is 0 Å². The van der Waals surface area contributed by atoms with Gasteiger partial charge in [-0.2, -0.15) is 13.2 Å². The van der Waals surface area contributed by atoms with Crippen molar-refractivity contribution in [3.05, 3.63) is 33.9 Å². The summed E-state index contributed by atoms with van der Waals surface area (Å²) in [5, 5.41) is 10.6. The number of nitro benzene ring substituents is 1. The quantitative estimate of drug-likeness (QED) is 0.515. The Kier molecular flexibility index (Phi) is 4.12. The lowest BCUT2D eigenvalue weighted by Gasteiger charge is -2.16. The number of halogens is 3. The first-order valence-corrected chi connectivity index (χ1v) is 4.93. The zero-order valence-corrected chi connectivity index (χ0v) is 9.40. The number of hydrogen-bond acceptors (Lipinski definition) is 4. The molecule has 2 N–H and O–H groups in total. The molecule has 1 unspecified atom stereocenters. The Morgan fingerprint density at radius 1 is 1.50 bits per heavy atom. The van der Waals surface area contributed by atoms with E-state index in [0.29, 0.717) is 0 Å². The van der Waals surface area contributed by atoms with Crippen LogP contribution in [0.15, 0.2) is 18.2 Å². The van der Waals surface area contributed by atoms with Gasteiger partial charge in [-0.05, 0) is 6.92 Å². The minimum absolute atomic E-state index is 0.153. The maximum absolute atomic E-state index is 12.2. The van der Waals surface area contributed by atoms with Crippen LogP contribution in [0.2, 0.25) is 0 Å². The molecule has 0 saturated heterocycles. The lowest BCUT2D eigenvalue weighted by atomic mass is 10.1. The minimum Gasteiger partial charge on any atom is -0.393 e. The van der Waals surface area contributed by atoms with E-state index in [4.69, 9.17) is 5.73 Å². The Morgan fingerprint density at radius 2 is 2.11 bits per heavy atom. The Bertz CT molecular complexity index is 448. The predicted octanol–water partition coefficient (Wildman–Crippen LogP) is 2.64. The molecule has 8 heteroatoms. The van der Waals surface area contributed by atoms with E-state index in [1.807, 2.05) is 0 Å². The first-order valence-electron chi connectivity index (χ1n) is 4.93. The molecule has 5 nitrogen and oxygen atoms in total. The molecule has 0 aliphatic rings. The highest BCUT2D eigenvalue weighted by molar-refractivity contribution is 5.62. The van der Waals surface area contributed by atoms with Gasteiger partial charge in [0.05, 0.1) is 11.5 Å².